The summed E-state index contributed by atoms with van der Waals surface area (Å²) in [4.78, 5) is 5.20. The maximum Gasteiger partial charge on any atom is 0.185 e. The zero-order valence-corrected chi connectivity index (χ0v) is 14.4. The van der Waals surface area contributed by atoms with Gasteiger partial charge in [0.25, 0.3) is 0 Å². The fourth-order valence-corrected chi connectivity index (χ4v) is 4.86. The molecule has 1 atom stereocenters. The maximum atomic E-state index is 4.55. The van der Waals surface area contributed by atoms with Gasteiger partial charge in [0.1, 0.15) is 5.37 Å². The minimum absolute atomic E-state index is 0.201. The monoisotopic (exact) mass is 334 g/mol. The van der Waals surface area contributed by atoms with Crippen LogP contribution in [0.2, 0.25) is 0 Å². The van der Waals surface area contributed by atoms with E-state index in [2.05, 4.69) is 30.5 Å². The summed E-state index contributed by atoms with van der Waals surface area (Å²) in [5, 5.41) is 12.8. The van der Waals surface area contributed by atoms with Crippen LogP contribution < -0.4 is 5.43 Å². The first-order chi connectivity index (χ1) is 11.4. The third kappa shape index (κ3) is 3.50. The van der Waals surface area contributed by atoms with Crippen molar-refractivity contribution >= 4 is 16.9 Å². The van der Waals surface area contributed by atoms with Crippen LogP contribution in [0.5, 0.6) is 0 Å². The van der Waals surface area contributed by atoms with E-state index in [0.717, 1.165) is 29.9 Å². The lowest BCUT2D eigenvalue weighted by molar-refractivity contribution is 0.141. The van der Waals surface area contributed by atoms with Gasteiger partial charge >= 0.3 is 0 Å². The van der Waals surface area contributed by atoms with Gasteiger partial charge < -0.3 is 9.80 Å². The molecule has 3 aliphatic rings. The lowest BCUT2D eigenvalue weighted by Gasteiger charge is -2.38. The molecule has 1 aromatic heterocycles. The van der Waals surface area contributed by atoms with Crippen molar-refractivity contribution in [2.24, 2.45) is 5.10 Å². The number of aromatic nitrogens is 2. The first kappa shape index (κ1) is 15.3. The standard InChI is InChI=1S/C16H26N6S/c1-2-4-8-21(7-3-1)14-5-9-22(10-6-14)16-20-19-15(23-16)13-11-17-18-12-13/h11-12,14-15,19H,1-10H2,(H,17,18). The predicted molar refractivity (Wildman–Crippen MR) is 94.1 cm³/mol. The summed E-state index contributed by atoms with van der Waals surface area (Å²) in [5.74, 6) is 0. The number of nitrogens with zero attached hydrogens (tertiary/aromatic N) is 4. The van der Waals surface area contributed by atoms with Gasteiger partial charge in [-0.2, -0.15) is 10.2 Å². The SMILES string of the molecule is c1n[nH]cc1C1NN=C(N2CCC(N3CCCCCC3)CC2)S1. The molecule has 0 radical (unpaired) electrons. The topological polar surface area (TPSA) is 59.6 Å². The Bertz CT molecular complexity index is 515. The fourth-order valence-electron chi connectivity index (χ4n) is 3.85. The summed E-state index contributed by atoms with van der Waals surface area (Å²) >= 11 is 1.81. The van der Waals surface area contributed by atoms with Crippen molar-refractivity contribution < 1.29 is 0 Å². The van der Waals surface area contributed by atoms with Gasteiger partial charge in [0.2, 0.25) is 0 Å². The Morgan fingerprint density at radius 1 is 1.04 bits per heavy atom. The van der Waals surface area contributed by atoms with Crippen LogP contribution in [0.25, 0.3) is 0 Å². The Morgan fingerprint density at radius 3 is 2.52 bits per heavy atom. The summed E-state index contributed by atoms with van der Waals surface area (Å²) in [5.41, 5.74) is 4.39. The first-order valence-corrected chi connectivity index (χ1v) is 9.76. The van der Waals surface area contributed by atoms with E-state index >= 15 is 0 Å². The van der Waals surface area contributed by atoms with Crippen LogP contribution >= 0.6 is 11.8 Å². The molecule has 0 spiro atoms. The Kier molecular flexibility index (Phi) is 4.75. The number of hydrazone groups is 1. The minimum atomic E-state index is 0.201. The number of rotatable bonds is 2. The molecule has 0 saturated carbocycles. The number of piperidine rings is 1. The molecule has 3 aliphatic heterocycles. The molecular weight excluding hydrogens is 308 g/mol. The van der Waals surface area contributed by atoms with Crippen molar-refractivity contribution in [3.05, 3.63) is 18.0 Å². The van der Waals surface area contributed by atoms with Crippen LogP contribution in [-0.4, -0.2) is 57.4 Å². The van der Waals surface area contributed by atoms with E-state index in [-0.39, 0.29) is 5.37 Å². The third-order valence-electron chi connectivity index (χ3n) is 5.21. The maximum absolute atomic E-state index is 4.55. The highest BCUT2D eigenvalue weighted by molar-refractivity contribution is 8.14. The fraction of sp³-hybridized carbons (Fsp3) is 0.750. The number of H-pyrrole nitrogens is 1. The summed E-state index contributed by atoms with van der Waals surface area (Å²) in [7, 11) is 0. The van der Waals surface area contributed by atoms with E-state index in [1.165, 1.54) is 51.6 Å². The minimum Gasteiger partial charge on any atom is -0.350 e. The Morgan fingerprint density at radius 2 is 1.83 bits per heavy atom. The number of hydrogen-bond acceptors (Lipinski definition) is 6. The number of aromatic amines is 1. The van der Waals surface area contributed by atoms with Gasteiger partial charge in [-0.3, -0.25) is 10.5 Å². The second kappa shape index (κ2) is 7.13. The lowest BCUT2D eigenvalue weighted by Crippen LogP contribution is -2.46. The molecule has 4 heterocycles. The van der Waals surface area contributed by atoms with Gasteiger partial charge in [-0.15, -0.1) is 0 Å². The van der Waals surface area contributed by atoms with Crippen molar-refractivity contribution in [2.45, 2.75) is 49.9 Å². The molecular formula is C16H26N6S. The Labute approximate surface area is 142 Å². The highest BCUT2D eigenvalue weighted by Crippen LogP contribution is 2.33. The van der Waals surface area contributed by atoms with E-state index in [1.807, 2.05) is 12.4 Å². The van der Waals surface area contributed by atoms with Gasteiger partial charge in [0.05, 0.1) is 6.20 Å². The van der Waals surface area contributed by atoms with Crippen molar-refractivity contribution in [3.8, 4) is 0 Å². The molecule has 1 unspecified atom stereocenters. The van der Waals surface area contributed by atoms with Gasteiger partial charge in [0, 0.05) is 30.9 Å². The van der Waals surface area contributed by atoms with Crippen molar-refractivity contribution in [2.75, 3.05) is 26.2 Å². The van der Waals surface area contributed by atoms with Crippen molar-refractivity contribution in [3.63, 3.8) is 0 Å². The first-order valence-electron chi connectivity index (χ1n) is 8.88. The second-order valence-electron chi connectivity index (χ2n) is 6.72. The Balaban J connectivity index is 1.28. The molecule has 0 bridgehead atoms. The molecule has 0 amide bonds. The number of likely N-dealkylation sites (tertiary alicyclic amines) is 2. The quantitative estimate of drug-likeness (QED) is 0.869. The van der Waals surface area contributed by atoms with Crippen LogP contribution in [-0.2, 0) is 0 Å². The van der Waals surface area contributed by atoms with E-state index in [1.54, 1.807) is 11.8 Å². The molecule has 2 N–H and O–H groups in total. The molecule has 2 saturated heterocycles. The van der Waals surface area contributed by atoms with Crippen molar-refractivity contribution in [1.29, 1.82) is 0 Å². The van der Waals surface area contributed by atoms with Gasteiger partial charge in [0.15, 0.2) is 5.17 Å². The highest BCUT2D eigenvalue weighted by atomic mass is 32.2. The van der Waals surface area contributed by atoms with Crippen molar-refractivity contribution in [1.82, 2.24) is 25.4 Å². The second-order valence-corrected chi connectivity index (χ2v) is 7.79. The summed E-state index contributed by atoms with van der Waals surface area (Å²) < 4.78 is 0. The number of thioether (sulfide) groups is 1. The van der Waals surface area contributed by atoms with Crippen LogP contribution in [0.3, 0.4) is 0 Å². The lowest BCUT2D eigenvalue weighted by atomic mass is 10.0. The molecule has 23 heavy (non-hydrogen) atoms. The van der Waals surface area contributed by atoms with E-state index < -0.39 is 0 Å². The summed E-state index contributed by atoms with van der Waals surface area (Å²) in [6, 6.07) is 0.786. The van der Waals surface area contributed by atoms with E-state index in [0.29, 0.717) is 0 Å². The smallest absolute Gasteiger partial charge is 0.185 e. The predicted octanol–water partition coefficient (Wildman–Crippen LogP) is 2.36. The Hall–Kier alpha value is -1.21. The normalized spacial score (nSPS) is 27.6. The zero-order valence-electron chi connectivity index (χ0n) is 13.6. The molecule has 7 heteroatoms. The number of nitrogens with one attached hydrogen (secondary N) is 2. The van der Waals surface area contributed by atoms with Crippen LogP contribution in [0, 0.1) is 0 Å². The largest absolute Gasteiger partial charge is 0.350 e. The molecule has 0 aliphatic carbocycles. The molecule has 6 nitrogen and oxygen atoms in total. The van der Waals surface area contributed by atoms with Crippen LogP contribution in [0.1, 0.15) is 49.5 Å². The summed E-state index contributed by atoms with van der Waals surface area (Å²) in [6.07, 6.45) is 12.0. The molecule has 2 fully saturated rings. The third-order valence-corrected chi connectivity index (χ3v) is 6.39. The van der Waals surface area contributed by atoms with Gasteiger partial charge in [-0.05, 0) is 38.8 Å². The van der Waals surface area contributed by atoms with E-state index in [4.69, 9.17) is 0 Å². The summed E-state index contributed by atoms with van der Waals surface area (Å²) in [6.45, 7) is 4.88. The highest BCUT2D eigenvalue weighted by Gasteiger charge is 2.30. The van der Waals surface area contributed by atoms with Gasteiger partial charge in [-0.25, -0.2) is 0 Å². The number of amidine groups is 1. The van der Waals surface area contributed by atoms with Crippen LogP contribution in [0.15, 0.2) is 17.5 Å². The van der Waals surface area contributed by atoms with E-state index in [9.17, 15) is 0 Å². The number of hydrogen-bond donors (Lipinski definition) is 2. The molecule has 4 rings (SSSR count). The molecule has 1 aromatic rings. The molecule has 0 aromatic carbocycles. The van der Waals surface area contributed by atoms with Crippen LogP contribution in [0.4, 0.5) is 0 Å². The van der Waals surface area contributed by atoms with Gasteiger partial charge in [-0.1, -0.05) is 24.6 Å². The average Bonchev–Trinajstić information content (AvgIpc) is 3.22. The zero-order chi connectivity index (χ0) is 15.5. The molecule has 126 valence electrons. The average molecular weight is 334 g/mol.